The van der Waals surface area contributed by atoms with Gasteiger partial charge in [-0.1, -0.05) is 32.1 Å². The van der Waals surface area contributed by atoms with Crippen LogP contribution in [0.4, 0.5) is 4.79 Å². The summed E-state index contributed by atoms with van der Waals surface area (Å²) in [5.74, 6) is 0.460. The molecule has 0 saturated carbocycles. The van der Waals surface area contributed by atoms with Crippen molar-refractivity contribution in [3.8, 4) is 0 Å². The molecule has 1 rings (SSSR count). The summed E-state index contributed by atoms with van der Waals surface area (Å²) >= 11 is 5.08. The van der Waals surface area contributed by atoms with E-state index in [9.17, 15) is 4.79 Å². The highest BCUT2D eigenvalue weighted by Gasteiger charge is 2.11. The molecule has 3 heteroatoms. The van der Waals surface area contributed by atoms with Crippen LogP contribution in [0.3, 0.4) is 0 Å². The molecule has 0 heterocycles. The Bertz CT molecular complexity index is 298. The van der Waals surface area contributed by atoms with Crippen LogP contribution in [-0.2, 0) is 4.74 Å². The van der Waals surface area contributed by atoms with Crippen molar-refractivity contribution in [2.45, 2.75) is 13.8 Å². The van der Waals surface area contributed by atoms with Gasteiger partial charge in [0, 0.05) is 17.0 Å². The first kappa shape index (κ1) is 10.1. The molecule has 0 fully saturated rings. The monoisotopic (exact) mass is 198 g/mol. The number of ether oxygens (including phenoxy) is 1. The molecule has 1 aliphatic rings. The standard InChI is InChI=1S/C10H11ClO2/c1-10(2)6-3-4-8(5-7-10)13-9(11)12/h3-7H,1-2H3. The number of carbonyl (C=O) groups is 1. The number of hydrogen-bond donors (Lipinski definition) is 0. The predicted octanol–water partition coefficient (Wildman–Crippen LogP) is 3.40. The Morgan fingerprint density at radius 1 is 1.46 bits per heavy atom. The quantitative estimate of drug-likeness (QED) is 0.604. The number of halogens is 1. The summed E-state index contributed by atoms with van der Waals surface area (Å²) in [5.41, 5.74) is -0.833. The fourth-order valence-electron chi connectivity index (χ4n) is 0.960. The fourth-order valence-corrected chi connectivity index (χ4v) is 1.05. The first-order valence-corrected chi connectivity index (χ1v) is 4.33. The highest BCUT2D eigenvalue weighted by molar-refractivity contribution is 6.61. The second-order valence-corrected chi connectivity index (χ2v) is 3.73. The molecule has 0 spiro atoms. The molecule has 2 nitrogen and oxygen atoms in total. The lowest BCUT2D eigenvalue weighted by Crippen LogP contribution is -2.01. The Hall–Kier alpha value is -1.02. The SMILES string of the molecule is CC1(C)C=CC=C(OC(=O)Cl)C=C1. The second-order valence-electron chi connectivity index (χ2n) is 3.42. The molecule has 0 saturated heterocycles. The van der Waals surface area contributed by atoms with Gasteiger partial charge in [-0.3, -0.25) is 0 Å². The zero-order valence-corrected chi connectivity index (χ0v) is 8.34. The normalized spacial score (nSPS) is 19.2. The van der Waals surface area contributed by atoms with Crippen LogP contribution in [0.15, 0.2) is 36.1 Å². The molecule has 1 aliphatic carbocycles. The minimum absolute atomic E-state index is 0.0169. The average Bonchev–Trinajstić information content (AvgIpc) is 2.12. The van der Waals surface area contributed by atoms with Crippen molar-refractivity contribution >= 4 is 17.0 Å². The van der Waals surface area contributed by atoms with Gasteiger partial charge in [-0.15, -0.1) is 0 Å². The van der Waals surface area contributed by atoms with Crippen molar-refractivity contribution in [3.63, 3.8) is 0 Å². The van der Waals surface area contributed by atoms with Crippen molar-refractivity contribution in [2.24, 2.45) is 5.41 Å². The summed E-state index contributed by atoms with van der Waals surface area (Å²) in [6.45, 7) is 4.11. The fraction of sp³-hybridized carbons (Fsp3) is 0.300. The van der Waals surface area contributed by atoms with E-state index < -0.39 is 5.43 Å². The van der Waals surface area contributed by atoms with Crippen LogP contribution in [-0.4, -0.2) is 5.43 Å². The van der Waals surface area contributed by atoms with E-state index in [4.69, 9.17) is 16.3 Å². The van der Waals surface area contributed by atoms with Gasteiger partial charge in [0.2, 0.25) is 0 Å². The second kappa shape index (κ2) is 3.79. The van der Waals surface area contributed by atoms with E-state index in [2.05, 4.69) is 13.8 Å². The molecule has 0 aliphatic heterocycles. The zero-order valence-electron chi connectivity index (χ0n) is 7.58. The molecule has 0 aromatic carbocycles. The van der Waals surface area contributed by atoms with Crippen molar-refractivity contribution in [1.29, 1.82) is 0 Å². The van der Waals surface area contributed by atoms with E-state index in [-0.39, 0.29) is 5.41 Å². The molecule has 70 valence electrons. The van der Waals surface area contributed by atoms with E-state index in [1.165, 1.54) is 0 Å². The van der Waals surface area contributed by atoms with Gasteiger partial charge in [0.25, 0.3) is 0 Å². The average molecular weight is 199 g/mol. The largest absolute Gasteiger partial charge is 0.415 e. The van der Waals surface area contributed by atoms with Crippen LogP contribution in [0.5, 0.6) is 0 Å². The lowest BCUT2D eigenvalue weighted by atomic mass is 9.93. The summed E-state index contributed by atoms with van der Waals surface area (Å²) in [4.78, 5) is 10.4. The molecule has 13 heavy (non-hydrogen) atoms. The lowest BCUT2D eigenvalue weighted by molar-refractivity contribution is 0.206. The summed E-state index contributed by atoms with van der Waals surface area (Å²) in [6.07, 6.45) is 9.24. The van der Waals surface area contributed by atoms with Gasteiger partial charge in [0.1, 0.15) is 5.76 Å². The summed E-state index contributed by atoms with van der Waals surface area (Å²) in [5, 5.41) is 0. The summed E-state index contributed by atoms with van der Waals surface area (Å²) < 4.78 is 4.71. The third kappa shape index (κ3) is 3.47. The summed E-state index contributed by atoms with van der Waals surface area (Å²) in [7, 11) is 0. The molecule has 0 aromatic rings. The highest BCUT2D eigenvalue weighted by Crippen LogP contribution is 2.23. The molecule has 0 bridgehead atoms. The van der Waals surface area contributed by atoms with Crippen LogP contribution in [0.1, 0.15) is 13.8 Å². The van der Waals surface area contributed by atoms with Gasteiger partial charge < -0.3 is 4.74 Å². The number of hydrogen-bond acceptors (Lipinski definition) is 2. The Balaban J connectivity index is 2.76. The Morgan fingerprint density at radius 3 is 2.77 bits per heavy atom. The van der Waals surface area contributed by atoms with Crippen LogP contribution in [0.2, 0.25) is 0 Å². The molecule has 0 atom stereocenters. The first-order valence-electron chi connectivity index (χ1n) is 3.96. The van der Waals surface area contributed by atoms with Gasteiger partial charge in [0.15, 0.2) is 0 Å². The topological polar surface area (TPSA) is 26.3 Å². The van der Waals surface area contributed by atoms with Gasteiger partial charge >= 0.3 is 5.43 Å². The first-order chi connectivity index (χ1) is 5.99. The minimum Gasteiger partial charge on any atom is -0.415 e. The lowest BCUT2D eigenvalue weighted by Gasteiger charge is -2.12. The van der Waals surface area contributed by atoms with Crippen molar-refractivity contribution in [2.75, 3.05) is 0 Å². The van der Waals surface area contributed by atoms with Crippen LogP contribution in [0, 0.1) is 5.41 Å². The number of allylic oxidation sites excluding steroid dienone is 5. The van der Waals surface area contributed by atoms with E-state index in [0.717, 1.165) is 0 Å². The van der Waals surface area contributed by atoms with Crippen LogP contribution < -0.4 is 0 Å². The third-order valence-corrected chi connectivity index (χ3v) is 1.74. The molecular weight excluding hydrogens is 188 g/mol. The minimum atomic E-state index is -0.816. The number of carbonyl (C=O) groups excluding carboxylic acids is 1. The van der Waals surface area contributed by atoms with Crippen LogP contribution in [0.25, 0.3) is 0 Å². The van der Waals surface area contributed by atoms with Crippen LogP contribution >= 0.6 is 11.6 Å². The van der Waals surface area contributed by atoms with E-state index in [1.54, 1.807) is 12.2 Å². The molecule has 0 aromatic heterocycles. The van der Waals surface area contributed by atoms with Crippen molar-refractivity contribution in [3.05, 3.63) is 36.1 Å². The molecule has 0 N–H and O–H groups in total. The Morgan fingerprint density at radius 2 is 2.15 bits per heavy atom. The Labute approximate surface area is 82.5 Å². The van der Waals surface area contributed by atoms with Gasteiger partial charge in [-0.2, -0.15) is 0 Å². The molecular formula is C10H11ClO2. The van der Waals surface area contributed by atoms with Crippen molar-refractivity contribution < 1.29 is 9.53 Å². The smallest absolute Gasteiger partial charge is 0.409 e. The highest BCUT2D eigenvalue weighted by atomic mass is 35.5. The maximum atomic E-state index is 10.4. The maximum Gasteiger partial charge on any atom is 0.409 e. The van der Waals surface area contributed by atoms with E-state index in [0.29, 0.717) is 5.76 Å². The molecule has 0 unspecified atom stereocenters. The third-order valence-electron chi connectivity index (χ3n) is 1.66. The zero-order chi connectivity index (χ0) is 9.90. The molecule has 0 amide bonds. The Kier molecular flexibility index (Phi) is 2.94. The molecule has 0 radical (unpaired) electrons. The maximum absolute atomic E-state index is 10.4. The van der Waals surface area contributed by atoms with Crippen molar-refractivity contribution in [1.82, 2.24) is 0 Å². The summed E-state index contributed by atoms with van der Waals surface area (Å²) in [6, 6.07) is 0. The van der Waals surface area contributed by atoms with Gasteiger partial charge in [0.05, 0.1) is 0 Å². The van der Waals surface area contributed by atoms with E-state index in [1.807, 2.05) is 18.2 Å². The predicted molar refractivity (Wildman–Crippen MR) is 52.5 cm³/mol. The number of rotatable bonds is 1. The van der Waals surface area contributed by atoms with E-state index >= 15 is 0 Å². The van der Waals surface area contributed by atoms with Gasteiger partial charge in [-0.05, 0) is 12.2 Å². The van der Waals surface area contributed by atoms with Gasteiger partial charge in [-0.25, -0.2) is 4.79 Å².